The first-order chi connectivity index (χ1) is 8.19. The molecule has 2 saturated heterocycles. The Balaban J connectivity index is 1.97. The van der Waals surface area contributed by atoms with E-state index in [0.29, 0.717) is 19.6 Å². The van der Waals surface area contributed by atoms with Gasteiger partial charge in [-0.25, -0.2) is 0 Å². The van der Waals surface area contributed by atoms with Crippen LogP contribution in [0, 0.1) is 0 Å². The fraction of sp³-hybridized carbons (Fsp3) is 1.00. The lowest BCUT2D eigenvalue weighted by Crippen LogP contribution is -2.56. The van der Waals surface area contributed by atoms with Crippen LogP contribution in [0.2, 0.25) is 0 Å². The largest absolute Gasteiger partial charge is 0.356 e. The number of rotatable bonds is 2. The molecule has 7 nitrogen and oxygen atoms in total. The summed E-state index contributed by atoms with van der Waals surface area (Å²) in [7, 11) is -3.55. The van der Waals surface area contributed by atoms with E-state index in [2.05, 4.69) is 0 Å². The molecular formula is C10H20N2O5S. The summed E-state index contributed by atoms with van der Waals surface area (Å²) in [6.07, 6.45) is -1.02. The van der Waals surface area contributed by atoms with Gasteiger partial charge in [-0.3, -0.25) is 9.08 Å². The molecule has 2 aliphatic rings. The van der Waals surface area contributed by atoms with E-state index in [1.165, 1.54) is 4.31 Å². The van der Waals surface area contributed by atoms with Gasteiger partial charge in [-0.15, -0.1) is 0 Å². The summed E-state index contributed by atoms with van der Waals surface area (Å²) in [5, 5.41) is 9.95. The molecule has 0 aliphatic carbocycles. The third kappa shape index (κ3) is 3.01. The fourth-order valence-corrected chi connectivity index (χ4v) is 3.38. The van der Waals surface area contributed by atoms with E-state index < -0.39 is 22.3 Å². The Kier molecular flexibility index (Phi) is 3.69. The Morgan fingerprint density at radius 1 is 1.39 bits per heavy atom. The summed E-state index contributed by atoms with van der Waals surface area (Å²) in [6.45, 7) is 6.87. The topological polar surface area (TPSA) is 79.3 Å². The van der Waals surface area contributed by atoms with Gasteiger partial charge >= 0.3 is 10.3 Å². The first-order valence-corrected chi connectivity index (χ1v) is 7.32. The molecule has 1 N–H and O–H groups in total. The minimum atomic E-state index is -3.55. The molecule has 0 aromatic heterocycles. The molecular weight excluding hydrogens is 260 g/mol. The molecule has 0 amide bonds. The smallest absolute Gasteiger partial charge is 0.338 e. The lowest BCUT2D eigenvalue weighted by molar-refractivity contribution is -0.244. The third-order valence-electron chi connectivity index (χ3n) is 2.93. The predicted molar refractivity (Wildman–Crippen MR) is 63.8 cm³/mol. The summed E-state index contributed by atoms with van der Waals surface area (Å²) < 4.78 is 34.5. The zero-order valence-corrected chi connectivity index (χ0v) is 11.7. The Labute approximate surface area is 108 Å². The van der Waals surface area contributed by atoms with Gasteiger partial charge in [0.15, 0.2) is 0 Å². The number of aliphatic hydroxyl groups is 1. The number of hydrogen-bond acceptors (Lipinski definition) is 6. The first-order valence-electron chi connectivity index (χ1n) is 5.95. The van der Waals surface area contributed by atoms with Gasteiger partial charge in [0.05, 0.1) is 18.2 Å². The van der Waals surface area contributed by atoms with Crippen molar-refractivity contribution in [1.29, 1.82) is 0 Å². The number of nitrogens with zero attached hydrogens (tertiary/aromatic N) is 2. The van der Waals surface area contributed by atoms with Crippen molar-refractivity contribution in [3.8, 4) is 0 Å². The predicted octanol–water partition coefficient (Wildman–Crippen LogP) is -0.661. The summed E-state index contributed by atoms with van der Waals surface area (Å²) in [5.74, 6) is 0. The van der Waals surface area contributed by atoms with Crippen molar-refractivity contribution < 1.29 is 22.4 Å². The second-order valence-electron chi connectivity index (χ2n) is 5.56. The van der Waals surface area contributed by atoms with Crippen LogP contribution in [-0.2, 0) is 19.2 Å². The highest BCUT2D eigenvalue weighted by molar-refractivity contribution is 7.84. The van der Waals surface area contributed by atoms with Gasteiger partial charge in [0, 0.05) is 19.6 Å². The van der Waals surface area contributed by atoms with Gasteiger partial charge in [-0.05, 0) is 20.8 Å². The molecule has 0 saturated carbocycles. The van der Waals surface area contributed by atoms with Crippen LogP contribution in [0.3, 0.4) is 0 Å². The lowest BCUT2D eigenvalue weighted by atomic mass is 10.2. The zero-order valence-electron chi connectivity index (χ0n) is 10.9. The van der Waals surface area contributed by atoms with Crippen LogP contribution >= 0.6 is 0 Å². The molecule has 8 heteroatoms. The SMILES string of the molecule is CC(C)(C)OC(O)N1CCN2[C@@H](COS2(=O)=O)C1. The second-order valence-corrected chi connectivity index (χ2v) is 7.12. The van der Waals surface area contributed by atoms with Gasteiger partial charge in [0.1, 0.15) is 0 Å². The van der Waals surface area contributed by atoms with Crippen LogP contribution in [0.15, 0.2) is 0 Å². The molecule has 2 rings (SSSR count). The van der Waals surface area contributed by atoms with E-state index >= 15 is 0 Å². The Morgan fingerprint density at radius 3 is 2.67 bits per heavy atom. The Morgan fingerprint density at radius 2 is 2.06 bits per heavy atom. The van der Waals surface area contributed by atoms with Gasteiger partial charge < -0.3 is 9.84 Å². The molecule has 0 bridgehead atoms. The standard InChI is InChI=1S/C10H20N2O5S/c1-10(2,3)17-9(13)11-4-5-12-8(6-11)7-16-18(12,14)15/h8-9,13H,4-7H2,1-3H3/t8-,9?/m1/s1. The minimum absolute atomic E-state index is 0.140. The van der Waals surface area contributed by atoms with Crippen LogP contribution in [0.5, 0.6) is 0 Å². The van der Waals surface area contributed by atoms with E-state index in [0.717, 1.165) is 0 Å². The first kappa shape index (κ1) is 14.2. The number of hydrogen-bond donors (Lipinski definition) is 1. The molecule has 2 aliphatic heterocycles. The van der Waals surface area contributed by atoms with Crippen molar-refractivity contribution in [3.05, 3.63) is 0 Å². The van der Waals surface area contributed by atoms with Crippen LogP contribution < -0.4 is 0 Å². The van der Waals surface area contributed by atoms with E-state index in [1.807, 2.05) is 20.8 Å². The van der Waals surface area contributed by atoms with E-state index in [9.17, 15) is 13.5 Å². The molecule has 0 spiro atoms. The summed E-state index contributed by atoms with van der Waals surface area (Å²) >= 11 is 0. The van der Waals surface area contributed by atoms with Crippen molar-refractivity contribution in [2.24, 2.45) is 0 Å². The van der Waals surface area contributed by atoms with Crippen LogP contribution in [0.4, 0.5) is 0 Å². The van der Waals surface area contributed by atoms with Crippen molar-refractivity contribution in [2.75, 3.05) is 26.2 Å². The van der Waals surface area contributed by atoms with Gasteiger partial charge in [0.2, 0.25) is 6.41 Å². The maximum Gasteiger partial charge on any atom is 0.338 e. The number of fused-ring (bicyclic) bond motifs is 1. The van der Waals surface area contributed by atoms with Crippen molar-refractivity contribution in [3.63, 3.8) is 0 Å². The molecule has 2 fully saturated rings. The third-order valence-corrected chi connectivity index (χ3v) is 4.42. The van der Waals surface area contributed by atoms with Gasteiger partial charge in [-0.1, -0.05) is 0 Å². The summed E-state index contributed by atoms with van der Waals surface area (Å²) in [6, 6.07) is -0.234. The van der Waals surface area contributed by atoms with Crippen molar-refractivity contribution >= 4 is 10.3 Å². The van der Waals surface area contributed by atoms with Crippen LogP contribution in [0.25, 0.3) is 0 Å². The Hall–Kier alpha value is -0.250. The molecule has 0 aromatic rings. The van der Waals surface area contributed by atoms with Crippen LogP contribution in [0.1, 0.15) is 20.8 Å². The normalized spacial score (nSPS) is 31.2. The van der Waals surface area contributed by atoms with Crippen molar-refractivity contribution in [2.45, 2.75) is 38.8 Å². The van der Waals surface area contributed by atoms with Gasteiger partial charge in [0.25, 0.3) is 0 Å². The quantitative estimate of drug-likeness (QED) is 0.676. The lowest BCUT2D eigenvalue weighted by Gasteiger charge is -2.38. The summed E-state index contributed by atoms with van der Waals surface area (Å²) in [5.41, 5.74) is -0.450. The highest BCUT2D eigenvalue weighted by Crippen LogP contribution is 2.24. The van der Waals surface area contributed by atoms with Gasteiger partial charge in [-0.2, -0.15) is 12.7 Å². The minimum Gasteiger partial charge on any atom is -0.356 e. The molecule has 0 radical (unpaired) electrons. The molecule has 18 heavy (non-hydrogen) atoms. The van der Waals surface area contributed by atoms with E-state index in [-0.39, 0.29) is 12.6 Å². The highest BCUT2D eigenvalue weighted by atomic mass is 32.2. The molecule has 0 aromatic carbocycles. The van der Waals surface area contributed by atoms with Crippen LogP contribution in [-0.4, -0.2) is 67.0 Å². The molecule has 2 heterocycles. The average molecular weight is 280 g/mol. The van der Waals surface area contributed by atoms with E-state index in [1.54, 1.807) is 4.90 Å². The molecule has 106 valence electrons. The molecule has 1 unspecified atom stereocenters. The average Bonchev–Trinajstić information content (AvgIpc) is 2.52. The maximum absolute atomic E-state index is 11.5. The molecule has 2 atom stereocenters. The Bertz CT molecular complexity index is 405. The van der Waals surface area contributed by atoms with Crippen molar-refractivity contribution in [1.82, 2.24) is 9.21 Å². The van der Waals surface area contributed by atoms with E-state index in [4.69, 9.17) is 8.92 Å². The monoisotopic (exact) mass is 280 g/mol. The fourth-order valence-electron chi connectivity index (χ4n) is 2.12. The maximum atomic E-state index is 11.5. The second kappa shape index (κ2) is 4.69. The number of ether oxygens (including phenoxy) is 1. The summed E-state index contributed by atoms with van der Waals surface area (Å²) in [4.78, 5) is 1.72. The number of piperazine rings is 1. The highest BCUT2D eigenvalue weighted by Gasteiger charge is 2.43. The number of aliphatic hydroxyl groups excluding tert-OH is 1. The zero-order chi connectivity index (χ0) is 13.6.